The molecule has 1 aliphatic heterocycles. The van der Waals surface area contributed by atoms with E-state index in [4.69, 9.17) is 14.2 Å². The summed E-state index contributed by atoms with van der Waals surface area (Å²) in [6.45, 7) is 1.64. The number of methoxy groups -OCH3 is 3. The zero-order valence-electron chi connectivity index (χ0n) is 14.3. The molecule has 3 rings (SSSR count). The average molecular weight is 365 g/mol. The van der Waals surface area contributed by atoms with E-state index in [2.05, 4.69) is 10.6 Å². The van der Waals surface area contributed by atoms with E-state index in [1.165, 1.54) is 26.9 Å². The predicted octanol–water partition coefficient (Wildman–Crippen LogP) is 2.99. The van der Waals surface area contributed by atoms with Crippen LogP contribution in [0.5, 0.6) is 17.2 Å². The molecule has 2 aromatic rings. The summed E-state index contributed by atoms with van der Waals surface area (Å²) in [7, 11) is 4.62. The van der Waals surface area contributed by atoms with Crippen LogP contribution in [0.15, 0.2) is 30.3 Å². The standard InChI is InChI=1S/C18H20N2O4.ClH/c1-22-15-7-14(8-16(23-2)17(15)24-3)20-18(21)11-4-5-12-9-19-10-13(12)6-11;/h4-8,19H,9-10H2,1-3H3,(H,20,21);1H. The van der Waals surface area contributed by atoms with Crippen LogP contribution in [-0.2, 0) is 13.1 Å². The molecule has 0 bridgehead atoms. The molecule has 0 radical (unpaired) electrons. The van der Waals surface area contributed by atoms with Crippen molar-refractivity contribution < 1.29 is 19.0 Å². The second kappa shape index (κ2) is 8.09. The number of fused-ring (bicyclic) bond motifs is 1. The molecule has 6 nitrogen and oxygen atoms in total. The minimum absolute atomic E-state index is 0. The van der Waals surface area contributed by atoms with Gasteiger partial charge in [-0.2, -0.15) is 0 Å². The molecule has 0 atom stereocenters. The Bertz CT molecular complexity index is 755. The molecule has 25 heavy (non-hydrogen) atoms. The first kappa shape index (κ1) is 18.9. The van der Waals surface area contributed by atoms with Crippen molar-refractivity contribution in [1.29, 1.82) is 0 Å². The summed E-state index contributed by atoms with van der Waals surface area (Å²) in [6, 6.07) is 9.14. The van der Waals surface area contributed by atoms with E-state index in [-0.39, 0.29) is 18.3 Å². The molecule has 0 aromatic heterocycles. The number of carbonyl (C=O) groups excluding carboxylic acids is 1. The Balaban J connectivity index is 0.00000225. The summed E-state index contributed by atoms with van der Waals surface area (Å²) in [5.41, 5.74) is 3.59. The number of benzene rings is 2. The van der Waals surface area contributed by atoms with Crippen molar-refractivity contribution >= 4 is 24.0 Å². The fourth-order valence-corrected chi connectivity index (χ4v) is 2.79. The number of carbonyl (C=O) groups is 1. The molecule has 0 fully saturated rings. The normalized spacial score (nSPS) is 12.0. The third kappa shape index (κ3) is 3.81. The molecule has 0 aliphatic carbocycles. The number of hydrogen-bond donors (Lipinski definition) is 2. The number of amides is 1. The van der Waals surface area contributed by atoms with Crippen LogP contribution in [0.25, 0.3) is 0 Å². The van der Waals surface area contributed by atoms with Gasteiger partial charge >= 0.3 is 0 Å². The second-order valence-electron chi connectivity index (χ2n) is 5.46. The maximum Gasteiger partial charge on any atom is 0.255 e. The van der Waals surface area contributed by atoms with Crippen LogP contribution in [0, 0.1) is 0 Å². The number of rotatable bonds is 5. The highest BCUT2D eigenvalue weighted by atomic mass is 35.5. The van der Waals surface area contributed by atoms with Crippen molar-refractivity contribution in [2.45, 2.75) is 13.1 Å². The first-order valence-electron chi connectivity index (χ1n) is 7.60. The SMILES string of the molecule is COc1cc(NC(=O)c2ccc3c(c2)CNC3)cc(OC)c1OC.Cl. The first-order valence-corrected chi connectivity index (χ1v) is 7.60. The van der Waals surface area contributed by atoms with Gasteiger partial charge in [-0.15, -0.1) is 12.4 Å². The average Bonchev–Trinajstić information content (AvgIpc) is 3.08. The molecule has 134 valence electrons. The number of hydrogen-bond acceptors (Lipinski definition) is 5. The monoisotopic (exact) mass is 364 g/mol. The molecule has 2 N–H and O–H groups in total. The molecule has 1 heterocycles. The Morgan fingerprint density at radius 3 is 2.20 bits per heavy atom. The van der Waals surface area contributed by atoms with Crippen molar-refractivity contribution in [2.75, 3.05) is 26.6 Å². The van der Waals surface area contributed by atoms with Crippen LogP contribution >= 0.6 is 12.4 Å². The number of anilines is 1. The summed E-state index contributed by atoms with van der Waals surface area (Å²) in [5, 5.41) is 6.14. The molecule has 7 heteroatoms. The lowest BCUT2D eigenvalue weighted by molar-refractivity contribution is 0.102. The topological polar surface area (TPSA) is 68.8 Å². The smallest absolute Gasteiger partial charge is 0.255 e. The second-order valence-corrected chi connectivity index (χ2v) is 5.46. The highest BCUT2D eigenvalue weighted by Gasteiger charge is 2.17. The molecular weight excluding hydrogens is 344 g/mol. The van der Waals surface area contributed by atoms with Crippen molar-refractivity contribution in [1.82, 2.24) is 5.32 Å². The Kier molecular flexibility index (Phi) is 6.12. The summed E-state index contributed by atoms with van der Waals surface area (Å²) >= 11 is 0. The number of ether oxygens (including phenoxy) is 3. The molecular formula is C18H21ClN2O4. The summed E-state index contributed by atoms with van der Waals surface area (Å²) in [5.74, 6) is 1.29. The van der Waals surface area contributed by atoms with Crippen LogP contribution in [0.4, 0.5) is 5.69 Å². The van der Waals surface area contributed by atoms with Crippen molar-refractivity contribution in [3.63, 3.8) is 0 Å². The minimum Gasteiger partial charge on any atom is -0.493 e. The van der Waals surface area contributed by atoms with Gasteiger partial charge in [0.15, 0.2) is 11.5 Å². The highest BCUT2D eigenvalue weighted by molar-refractivity contribution is 6.04. The summed E-state index contributed by atoms with van der Waals surface area (Å²) in [4.78, 5) is 12.5. The van der Waals surface area contributed by atoms with Crippen LogP contribution < -0.4 is 24.8 Å². The summed E-state index contributed by atoms with van der Waals surface area (Å²) < 4.78 is 15.9. The van der Waals surface area contributed by atoms with Gasteiger partial charge in [0.1, 0.15) is 0 Å². The van der Waals surface area contributed by atoms with Gasteiger partial charge in [0, 0.05) is 36.5 Å². The molecule has 1 aliphatic rings. The zero-order chi connectivity index (χ0) is 17.1. The van der Waals surface area contributed by atoms with Gasteiger partial charge < -0.3 is 24.8 Å². The van der Waals surface area contributed by atoms with E-state index in [1.54, 1.807) is 12.1 Å². The number of halogens is 1. The van der Waals surface area contributed by atoms with E-state index in [1.807, 2.05) is 18.2 Å². The van der Waals surface area contributed by atoms with E-state index < -0.39 is 0 Å². The minimum atomic E-state index is -0.182. The van der Waals surface area contributed by atoms with Crippen molar-refractivity contribution in [3.05, 3.63) is 47.0 Å². The third-order valence-electron chi connectivity index (χ3n) is 4.02. The van der Waals surface area contributed by atoms with Crippen LogP contribution in [0.1, 0.15) is 21.5 Å². The van der Waals surface area contributed by atoms with Gasteiger partial charge in [-0.3, -0.25) is 4.79 Å². The lowest BCUT2D eigenvalue weighted by atomic mass is 10.1. The quantitative estimate of drug-likeness (QED) is 0.853. The highest BCUT2D eigenvalue weighted by Crippen LogP contribution is 2.40. The van der Waals surface area contributed by atoms with Gasteiger partial charge in [0.2, 0.25) is 5.75 Å². The zero-order valence-corrected chi connectivity index (χ0v) is 15.2. The van der Waals surface area contributed by atoms with Gasteiger partial charge in [0.05, 0.1) is 21.3 Å². The Labute approximate surface area is 152 Å². The molecule has 0 saturated carbocycles. The van der Waals surface area contributed by atoms with E-state index in [9.17, 15) is 4.79 Å². The number of nitrogens with one attached hydrogen (secondary N) is 2. The fourth-order valence-electron chi connectivity index (χ4n) is 2.79. The lowest BCUT2D eigenvalue weighted by Gasteiger charge is -2.14. The molecule has 1 amide bonds. The van der Waals surface area contributed by atoms with Gasteiger partial charge in [-0.1, -0.05) is 6.07 Å². The van der Waals surface area contributed by atoms with Crippen molar-refractivity contribution in [3.8, 4) is 17.2 Å². The van der Waals surface area contributed by atoms with Gasteiger partial charge in [0.25, 0.3) is 5.91 Å². The molecule has 2 aromatic carbocycles. The van der Waals surface area contributed by atoms with Crippen LogP contribution in [0.2, 0.25) is 0 Å². The third-order valence-corrected chi connectivity index (χ3v) is 4.02. The summed E-state index contributed by atoms with van der Waals surface area (Å²) in [6.07, 6.45) is 0. The van der Waals surface area contributed by atoms with E-state index >= 15 is 0 Å². The van der Waals surface area contributed by atoms with E-state index in [0.717, 1.165) is 18.7 Å². The van der Waals surface area contributed by atoms with Gasteiger partial charge in [-0.05, 0) is 23.3 Å². The van der Waals surface area contributed by atoms with Crippen LogP contribution in [0.3, 0.4) is 0 Å². The Morgan fingerprint density at radius 1 is 0.960 bits per heavy atom. The van der Waals surface area contributed by atoms with Gasteiger partial charge in [-0.25, -0.2) is 0 Å². The van der Waals surface area contributed by atoms with Crippen LogP contribution in [-0.4, -0.2) is 27.2 Å². The van der Waals surface area contributed by atoms with E-state index in [0.29, 0.717) is 28.5 Å². The maximum atomic E-state index is 12.5. The maximum absolute atomic E-state index is 12.5. The van der Waals surface area contributed by atoms with Crippen molar-refractivity contribution in [2.24, 2.45) is 0 Å². The largest absolute Gasteiger partial charge is 0.493 e. The fraction of sp³-hybridized carbons (Fsp3) is 0.278. The molecule has 0 unspecified atom stereocenters. The first-order chi connectivity index (χ1) is 11.7. The Morgan fingerprint density at radius 2 is 1.60 bits per heavy atom. The Hall–Kier alpha value is -2.44. The molecule has 0 saturated heterocycles. The lowest BCUT2D eigenvalue weighted by Crippen LogP contribution is -2.12. The molecule has 0 spiro atoms. The predicted molar refractivity (Wildman–Crippen MR) is 98.3 cm³/mol.